The number of likely N-dealkylation sites (N-methyl/N-ethyl adjacent to an activating group) is 1. The average molecular weight is 771 g/mol. The predicted molar refractivity (Wildman–Crippen MR) is 218 cm³/mol. The standard InChI is InChI=1S/C41H51ClN8O5/c1-6-16-48(18-15-42)29-10-13-35-33(24-29)43-38(47(35)5)8-7-9-39(53)46(4)19-21-55-22-20-49-17-14-28-23-30(11-12-34(28)49)50-40(44-45-41(50)54)32-25-31(27(2)3)36(51)26-37(32)52/h10-14,17,23-27,51-52H,6-9,15-16,18-22H2,1-5H3,(H,45,54). The lowest BCUT2D eigenvalue weighted by molar-refractivity contribution is -0.130. The number of ether oxygens (including phenoxy) is 1. The largest absolute Gasteiger partial charge is 0.508 e. The molecule has 0 radical (unpaired) electrons. The van der Waals surface area contributed by atoms with Gasteiger partial charge in [-0.2, -0.15) is 5.10 Å². The second-order valence-electron chi connectivity index (χ2n) is 14.2. The lowest BCUT2D eigenvalue weighted by Crippen LogP contribution is -2.30. The smallest absolute Gasteiger partial charge is 0.348 e. The third-order valence-electron chi connectivity index (χ3n) is 10.1. The van der Waals surface area contributed by atoms with Crippen molar-refractivity contribution in [2.45, 2.75) is 58.9 Å². The van der Waals surface area contributed by atoms with Gasteiger partial charge >= 0.3 is 5.69 Å². The van der Waals surface area contributed by atoms with E-state index in [2.05, 4.69) is 49.4 Å². The van der Waals surface area contributed by atoms with E-state index < -0.39 is 5.69 Å². The molecule has 14 heteroatoms. The van der Waals surface area contributed by atoms with Gasteiger partial charge in [-0.05, 0) is 72.9 Å². The molecular weight excluding hydrogens is 720 g/mol. The number of amides is 1. The minimum Gasteiger partial charge on any atom is -0.508 e. The van der Waals surface area contributed by atoms with Crippen molar-refractivity contribution >= 4 is 45.1 Å². The highest BCUT2D eigenvalue weighted by Crippen LogP contribution is 2.37. The van der Waals surface area contributed by atoms with E-state index in [4.69, 9.17) is 21.3 Å². The summed E-state index contributed by atoms with van der Waals surface area (Å²) in [6, 6.07) is 17.0. The molecular formula is C41H51ClN8O5. The Morgan fingerprint density at radius 3 is 2.56 bits per heavy atom. The van der Waals surface area contributed by atoms with Crippen LogP contribution in [0.3, 0.4) is 0 Å². The first-order valence-electron chi connectivity index (χ1n) is 18.9. The number of aromatic amines is 1. The molecule has 55 heavy (non-hydrogen) atoms. The second kappa shape index (κ2) is 17.5. The summed E-state index contributed by atoms with van der Waals surface area (Å²) in [5.74, 6) is 1.67. The number of nitrogens with one attached hydrogen (secondary N) is 1. The Balaban J connectivity index is 0.985. The Labute approximate surface area is 325 Å². The monoisotopic (exact) mass is 770 g/mol. The lowest BCUT2D eigenvalue weighted by atomic mass is 9.98. The number of fused-ring (bicyclic) bond motifs is 2. The number of carbonyl (C=O) groups excluding carboxylic acids is 1. The van der Waals surface area contributed by atoms with Gasteiger partial charge in [0.05, 0.1) is 35.5 Å². The molecule has 0 atom stereocenters. The molecule has 0 aliphatic heterocycles. The van der Waals surface area contributed by atoms with E-state index in [-0.39, 0.29) is 29.1 Å². The van der Waals surface area contributed by atoms with Crippen molar-refractivity contribution in [2.24, 2.45) is 7.05 Å². The van der Waals surface area contributed by atoms with E-state index >= 15 is 0 Å². The fourth-order valence-electron chi connectivity index (χ4n) is 7.05. The summed E-state index contributed by atoms with van der Waals surface area (Å²) in [4.78, 5) is 34.7. The molecule has 3 N–H and O–H groups in total. The molecule has 0 aliphatic rings. The maximum atomic E-state index is 12.9. The van der Waals surface area contributed by atoms with Crippen LogP contribution >= 0.6 is 11.6 Å². The molecule has 0 spiro atoms. The number of aryl methyl sites for hydroxylation is 2. The zero-order valence-electron chi connectivity index (χ0n) is 32.3. The zero-order chi connectivity index (χ0) is 39.2. The topological polar surface area (TPSA) is 147 Å². The Morgan fingerprint density at radius 2 is 1.80 bits per heavy atom. The summed E-state index contributed by atoms with van der Waals surface area (Å²) in [7, 11) is 3.84. The van der Waals surface area contributed by atoms with Crippen LogP contribution in [0, 0.1) is 0 Å². The van der Waals surface area contributed by atoms with Crippen LogP contribution in [0.2, 0.25) is 0 Å². The normalized spacial score (nSPS) is 11.7. The maximum Gasteiger partial charge on any atom is 0.348 e. The van der Waals surface area contributed by atoms with E-state index in [0.717, 1.165) is 53.0 Å². The summed E-state index contributed by atoms with van der Waals surface area (Å²) in [5.41, 5.74) is 5.25. The number of hydrogen-bond donors (Lipinski definition) is 3. The number of alkyl halides is 1. The summed E-state index contributed by atoms with van der Waals surface area (Å²) in [6.07, 6.45) is 4.87. The SMILES string of the molecule is CCCN(CCCl)c1ccc2c(c1)nc(CCCC(=O)N(C)CCOCCn1ccc3cc(-n4c(-c5cc(C(C)C)c(O)cc5O)n[nH]c4=O)ccc31)n2C. The van der Waals surface area contributed by atoms with Crippen LogP contribution in [0.4, 0.5) is 5.69 Å². The van der Waals surface area contributed by atoms with Crippen molar-refractivity contribution in [3.63, 3.8) is 0 Å². The summed E-state index contributed by atoms with van der Waals surface area (Å²) in [6.45, 7) is 9.78. The van der Waals surface area contributed by atoms with E-state index in [1.165, 1.54) is 10.6 Å². The number of aromatic nitrogens is 6. The third kappa shape index (κ3) is 8.68. The minimum atomic E-state index is -0.446. The first-order chi connectivity index (χ1) is 26.5. The van der Waals surface area contributed by atoms with E-state index in [1.807, 2.05) is 58.4 Å². The van der Waals surface area contributed by atoms with Crippen molar-refractivity contribution < 1.29 is 19.7 Å². The number of rotatable bonds is 18. The molecule has 1 amide bonds. The van der Waals surface area contributed by atoms with E-state index in [0.29, 0.717) is 68.3 Å². The van der Waals surface area contributed by atoms with Crippen LogP contribution in [-0.2, 0) is 29.5 Å². The summed E-state index contributed by atoms with van der Waals surface area (Å²) >= 11 is 6.04. The van der Waals surface area contributed by atoms with Crippen LogP contribution in [-0.4, -0.2) is 95.7 Å². The van der Waals surface area contributed by atoms with Gasteiger partial charge in [-0.1, -0.05) is 20.8 Å². The van der Waals surface area contributed by atoms with Crippen LogP contribution in [0.5, 0.6) is 11.5 Å². The molecule has 3 aromatic heterocycles. The number of H-pyrrole nitrogens is 1. The van der Waals surface area contributed by atoms with Crippen LogP contribution in [0.15, 0.2) is 65.6 Å². The molecule has 6 rings (SSSR count). The number of halogens is 1. The fraction of sp³-hybridized carbons (Fsp3) is 0.415. The first kappa shape index (κ1) is 39.4. The summed E-state index contributed by atoms with van der Waals surface area (Å²) < 4.78 is 11.5. The molecule has 0 saturated carbocycles. The number of phenolic OH excluding ortho intramolecular Hbond substituents is 2. The van der Waals surface area contributed by atoms with Gasteiger partial charge in [-0.25, -0.2) is 19.4 Å². The maximum absolute atomic E-state index is 12.9. The first-order valence-corrected chi connectivity index (χ1v) is 19.4. The quantitative estimate of drug-likeness (QED) is 0.0659. The third-order valence-corrected chi connectivity index (χ3v) is 10.3. The highest BCUT2D eigenvalue weighted by atomic mass is 35.5. The molecule has 13 nitrogen and oxygen atoms in total. The van der Waals surface area contributed by atoms with Gasteiger partial charge in [-0.15, -0.1) is 11.6 Å². The van der Waals surface area contributed by atoms with Gasteiger partial charge in [0.2, 0.25) is 5.91 Å². The number of imidazole rings is 1. The average Bonchev–Trinajstić information content (AvgIpc) is 3.84. The Hall–Kier alpha value is -5.27. The molecule has 292 valence electrons. The molecule has 3 aromatic carbocycles. The molecule has 0 saturated heterocycles. The lowest BCUT2D eigenvalue weighted by Gasteiger charge is -2.23. The number of carbonyl (C=O) groups is 1. The number of aromatic hydroxyl groups is 2. The van der Waals surface area contributed by atoms with Crippen molar-refractivity contribution in [1.29, 1.82) is 0 Å². The van der Waals surface area contributed by atoms with Crippen molar-refractivity contribution in [1.82, 2.24) is 33.8 Å². The van der Waals surface area contributed by atoms with Crippen molar-refractivity contribution in [3.8, 4) is 28.6 Å². The predicted octanol–water partition coefficient (Wildman–Crippen LogP) is 6.56. The molecule has 0 bridgehead atoms. The zero-order valence-corrected chi connectivity index (χ0v) is 33.0. The number of nitrogens with zero attached hydrogens (tertiary/aromatic N) is 7. The molecule has 3 heterocycles. The fourth-order valence-corrected chi connectivity index (χ4v) is 7.26. The van der Waals surface area contributed by atoms with Crippen LogP contribution in [0.1, 0.15) is 57.3 Å². The van der Waals surface area contributed by atoms with Gasteiger partial charge in [0.1, 0.15) is 17.3 Å². The number of hydrogen-bond acceptors (Lipinski definition) is 8. The Kier molecular flexibility index (Phi) is 12.5. The van der Waals surface area contributed by atoms with Gasteiger partial charge in [-0.3, -0.25) is 4.79 Å². The highest BCUT2D eigenvalue weighted by Gasteiger charge is 2.20. The van der Waals surface area contributed by atoms with Crippen LogP contribution in [0.25, 0.3) is 39.0 Å². The van der Waals surface area contributed by atoms with Gasteiger partial charge in [0.15, 0.2) is 5.82 Å². The van der Waals surface area contributed by atoms with Gasteiger partial charge in [0, 0.05) is 87.8 Å². The Bertz CT molecular complexity index is 2320. The number of anilines is 1. The molecule has 0 aliphatic carbocycles. The minimum absolute atomic E-state index is 0.00340. The van der Waals surface area contributed by atoms with Crippen LogP contribution < -0.4 is 10.6 Å². The molecule has 0 fully saturated rings. The molecule has 6 aromatic rings. The number of phenols is 2. The van der Waals surface area contributed by atoms with Gasteiger partial charge in [0.25, 0.3) is 0 Å². The van der Waals surface area contributed by atoms with Crippen molar-refractivity contribution in [2.75, 3.05) is 50.7 Å². The van der Waals surface area contributed by atoms with E-state index in [1.54, 1.807) is 11.0 Å². The van der Waals surface area contributed by atoms with E-state index in [9.17, 15) is 19.8 Å². The summed E-state index contributed by atoms with van der Waals surface area (Å²) in [5, 5.41) is 28.6. The Morgan fingerprint density at radius 1 is 1.00 bits per heavy atom. The highest BCUT2D eigenvalue weighted by molar-refractivity contribution is 6.18. The second-order valence-corrected chi connectivity index (χ2v) is 14.6. The number of benzene rings is 3. The molecule has 0 unspecified atom stereocenters. The van der Waals surface area contributed by atoms with Crippen molar-refractivity contribution in [3.05, 3.63) is 82.7 Å². The van der Waals surface area contributed by atoms with Gasteiger partial charge < -0.3 is 33.9 Å².